The van der Waals surface area contributed by atoms with Crippen LogP contribution in [0.3, 0.4) is 0 Å². The number of methoxy groups -OCH3 is 1. The molecule has 0 N–H and O–H groups in total. The molecule has 0 atom stereocenters. The summed E-state index contributed by atoms with van der Waals surface area (Å²) in [6.07, 6.45) is 0. The Labute approximate surface area is 155 Å². The molecule has 0 spiro atoms. The zero-order valence-corrected chi connectivity index (χ0v) is 16.4. The molecule has 0 saturated carbocycles. The highest BCUT2D eigenvalue weighted by Gasteiger charge is 2.21. The van der Waals surface area contributed by atoms with Crippen molar-refractivity contribution >= 4 is 42.4 Å². The minimum atomic E-state index is -4.12. The summed E-state index contributed by atoms with van der Waals surface area (Å²) >= 11 is 1.24. The first-order valence-electron chi connectivity index (χ1n) is 7.84. The Kier molecular flexibility index (Phi) is 6.68. The van der Waals surface area contributed by atoms with E-state index < -0.39 is 26.6 Å². The van der Waals surface area contributed by atoms with E-state index in [0.29, 0.717) is 30.3 Å². The van der Waals surface area contributed by atoms with Crippen LogP contribution in [0, 0.1) is 0 Å². The fourth-order valence-electron chi connectivity index (χ4n) is 2.20. The summed E-state index contributed by atoms with van der Waals surface area (Å²) in [5.74, 6) is -1.13. The first kappa shape index (κ1) is 20.3. The lowest BCUT2D eigenvalue weighted by molar-refractivity contribution is -0.116. The number of benzene rings is 1. The maximum absolute atomic E-state index is 12.0. The Hall–Kier alpha value is -2.04. The summed E-state index contributed by atoms with van der Waals surface area (Å²) in [4.78, 5) is 27.4. The summed E-state index contributed by atoms with van der Waals surface area (Å²) in [7, 11) is -2.56. The van der Waals surface area contributed by atoms with Crippen LogP contribution in [0.5, 0.6) is 5.75 Å². The van der Waals surface area contributed by atoms with Gasteiger partial charge in [0.25, 0.3) is 5.91 Å². The minimum Gasteiger partial charge on any atom is -0.494 e. The lowest BCUT2D eigenvalue weighted by Gasteiger charge is -2.05. The predicted octanol–water partition coefficient (Wildman–Crippen LogP) is 1.14. The number of fused-ring (bicyclic) bond motifs is 1. The van der Waals surface area contributed by atoms with E-state index in [0.717, 1.165) is 17.1 Å². The highest BCUT2D eigenvalue weighted by atomic mass is 32.2. The van der Waals surface area contributed by atoms with E-state index in [9.17, 15) is 18.0 Å². The van der Waals surface area contributed by atoms with Crippen LogP contribution in [-0.4, -0.2) is 50.1 Å². The van der Waals surface area contributed by atoms with E-state index in [2.05, 4.69) is 4.99 Å². The Morgan fingerprint density at radius 2 is 2.04 bits per heavy atom. The molecule has 10 heteroatoms. The van der Waals surface area contributed by atoms with Gasteiger partial charge in [0.2, 0.25) is 15.0 Å². The van der Waals surface area contributed by atoms with Crippen molar-refractivity contribution < 1.29 is 27.5 Å². The zero-order chi connectivity index (χ0) is 19.3. The van der Waals surface area contributed by atoms with Crippen molar-refractivity contribution in [1.82, 2.24) is 4.57 Å². The van der Waals surface area contributed by atoms with Gasteiger partial charge in [0, 0.05) is 20.6 Å². The molecule has 0 aliphatic carbocycles. The zero-order valence-electron chi connectivity index (χ0n) is 14.7. The van der Waals surface area contributed by atoms with Gasteiger partial charge in [0.1, 0.15) is 11.5 Å². The number of carbonyl (C=O) groups excluding carboxylic acids is 2. The predicted molar refractivity (Wildman–Crippen MR) is 97.9 cm³/mol. The number of carbonyl (C=O) groups is 2. The monoisotopic (exact) mass is 400 g/mol. The normalized spacial score (nSPS) is 12.5. The van der Waals surface area contributed by atoms with Crippen LogP contribution in [-0.2, 0) is 30.7 Å². The molecule has 1 amide bonds. The van der Waals surface area contributed by atoms with Gasteiger partial charge < -0.3 is 14.0 Å². The highest BCUT2D eigenvalue weighted by Crippen LogP contribution is 2.23. The van der Waals surface area contributed by atoms with E-state index in [1.54, 1.807) is 11.7 Å². The van der Waals surface area contributed by atoms with Crippen LogP contribution in [0.15, 0.2) is 23.2 Å². The third-order valence-corrected chi connectivity index (χ3v) is 6.00. The lowest BCUT2D eigenvalue weighted by Crippen LogP contribution is -2.24. The molecule has 0 unspecified atom stereocenters. The summed E-state index contributed by atoms with van der Waals surface area (Å²) < 4.78 is 36.4. The number of amides is 1. The standard InChI is InChI=1S/C16H20N2O6S2/c1-4-24-12-5-6-13-14(9-12)25-16(18(13)7-8-23-3)17-15(20)10-26(21,22)11(2)19/h5-6,9H,4,7-8,10H2,1-3H3. The van der Waals surface area contributed by atoms with E-state index in [1.165, 1.54) is 11.3 Å². The summed E-state index contributed by atoms with van der Waals surface area (Å²) in [6.45, 7) is 4.16. The largest absolute Gasteiger partial charge is 0.494 e. The first-order chi connectivity index (χ1) is 12.3. The van der Waals surface area contributed by atoms with Gasteiger partial charge in [-0.2, -0.15) is 4.99 Å². The van der Waals surface area contributed by atoms with Crippen molar-refractivity contribution in [1.29, 1.82) is 0 Å². The molecule has 1 aromatic carbocycles. The highest BCUT2D eigenvalue weighted by molar-refractivity contribution is 8.06. The average molecular weight is 400 g/mol. The number of nitrogens with zero attached hydrogens (tertiary/aromatic N) is 2. The fraction of sp³-hybridized carbons (Fsp3) is 0.438. The van der Waals surface area contributed by atoms with Gasteiger partial charge in [-0.3, -0.25) is 9.59 Å². The molecule has 1 heterocycles. The number of thiazole rings is 1. The van der Waals surface area contributed by atoms with Crippen LogP contribution in [0.25, 0.3) is 10.2 Å². The Balaban J connectivity index is 2.49. The maximum atomic E-state index is 12.0. The molecule has 0 fully saturated rings. The van der Waals surface area contributed by atoms with Gasteiger partial charge in [-0.25, -0.2) is 8.42 Å². The van der Waals surface area contributed by atoms with Gasteiger partial charge in [-0.05, 0) is 25.1 Å². The molecule has 8 nitrogen and oxygen atoms in total. The summed E-state index contributed by atoms with van der Waals surface area (Å²) in [6, 6.07) is 5.50. The van der Waals surface area contributed by atoms with Gasteiger partial charge in [0.15, 0.2) is 4.80 Å². The molecule has 0 aliphatic rings. The van der Waals surface area contributed by atoms with E-state index in [1.807, 2.05) is 25.1 Å². The van der Waals surface area contributed by atoms with Crippen LogP contribution in [0.4, 0.5) is 0 Å². The molecular formula is C16H20N2O6S2. The smallest absolute Gasteiger partial charge is 0.264 e. The summed E-state index contributed by atoms with van der Waals surface area (Å²) in [5.41, 5.74) is 0.830. The Morgan fingerprint density at radius 1 is 1.31 bits per heavy atom. The van der Waals surface area contributed by atoms with E-state index >= 15 is 0 Å². The molecule has 2 aromatic rings. The van der Waals surface area contributed by atoms with Gasteiger partial charge in [-0.1, -0.05) is 11.3 Å². The van der Waals surface area contributed by atoms with Crippen LogP contribution >= 0.6 is 11.3 Å². The molecule has 0 aliphatic heterocycles. The summed E-state index contributed by atoms with van der Waals surface area (Å²) in [5, 5.41) is -1.05. The topological polar surface area (TPSA) is 104 Å². The Bertz CT molecular complexity index is 988. The average Bonchev–Trinajstić information content (AvgIpc) is 2.88. The van der Waals surface area contributed by atoms with Gasteiger partial charge in [-0.15, -0.1) is 0 Å². The quantitative estimate of drug-likeness (QED) is 0.690. The number of sulfone groups is 1. The van der Waals surface area contributed by atoms with Crippen molar-refractivity contribution in [3.05, 3.63) is 23.0 Å². The molecule has 1 aromatic heterocycles. The first-order valence-corrected chi connectivity index (χ1v) is 10.3. The second-order valence-corrected chi connectivity index (χ2v) is 8.45. The fourth-order valence-corrected chi connectivity index (χ4v) is 3.89. The third-order valence-electron chi connectivity index (χ3n) is 3.46. The van der Waals surface area contributed by atoms with Crippen LogP contribution < -0.4 is 9.54 Å². The van der Waals surface area contributed by atoms with Gasteiger partial charge >= 0.3 is 0 Å². The number of ether oxygens (including phenoxy) is 2. The number of rotatable bonds is 7. The molecule has 26 heavy (non-hydrogen) atoms. The van der Waals surface area contributed by atoms with Crippen molar-refractivity contribution in [2.45, 2.75) is 20.4 Å². The van der Waals surface area contributed by atoms with Gasteiger partial charge in [0.05, 0.1) is 23.4 Å². The van der Waals surface area contributed by atoms with E-state index in [-0.39, 0.29) is 0 Å². The molecule has 0 bridgehead atoms. The van der Waals surface area contributed by atoms with Crippen molar-refractivity contribution in [2.75, 3.05) is 26.1 Å². The van der Waals surface area contributed by atoms with Crippen molar-refractivity contribution in [3.63, 3.8) is 0 Å². The molecule has 2 rings (SSSR count). The van der Waals surface area contributed by atoms with Crippen molar-refractivity contribution in [2.24, 2.45) is 4.99 Å². The van der Waals surface area contributed by atoms with Crippen molar-refractivity contribution in [3.8, 4) is 5.75 Å². The molecule has 0 saturated heterocycles. The SMILES string of the molecule is CCOc1ccc2c(c1)sc(=NC(=O)CS(=O)(=O)C(C)=O)n2CCOC. The second kappa shape index (κ2) is 8.56. The third kappa shape index (κ3) is 4.77. The minimum absolute atomic E-state index is 0.342. The number of hydrogen-bond acceptors (Lipinski definition) is 7. The molecule has 0 radical (unpaired) electrons. The molecular weight excluding hydrogens is 380 g/mol. The molecule has 142 valence electrons. The number of aromatic nitrogens is 1. The lowest BCUT2D eigenvalue weighted by atomic mass is 10.3. The number of hydrogen-bond donors (Lipinski definition) is 0. The maximum Gasteiger partial charge on any atom is 0.264 e. The Morgan fingerprint density at radius 3 is 2.65 bits per heavy atom. The second-order valence-electron chi connectivity index (χ2n) is 5.35. The van der Waals surface area contributed by atoms with Crippen LogP contribution in [0.1, 0.15) is 13.8 Å². The van der Waals surface area contributed by atoms with Crippen LogP contribution in [0.2, 0.25) is 0 Å². The van der Waals surface area contributed by atoms with E-state index in [4.69, 9.17) is 9.47 Å².